The zero-order valence-corrected chi connectivity index (χ0v) is 18.6. The van der Waals surface area contributed by atoms with E-state index >= 15 is 0 Å². The summed E-state index contributed by atoms with van der Waals surface area (Å²) in [5, 5.41) is 1.18. The van der Waals surface area contributed by atoms with Gasteiger partial charge in [0.1, 0.15) is 0 Å². The Morgan fingerprint density at radius 2 is 1.96 bits per heavy atom. The van der Waals surface area contributed by atoms with Crippen LogP contribution in [0, 0.1) is 5.41 Å². The summed E-state index contributed by atoms with van der Waals surface area (Å²) in [7, 11) is -1.67. The first-order chi connectivity index (χ1) is 12.1. The van der Waals surface area contributed by atoms with Crippen LogP contribution in [-0.4, -0.2) is 44.5 Å². The van der Waals surface area contributed by atoms with E-state index in [-0.39, 0.29) is 10.8 Å². The largest absolute Gasteiger partial charge is 0.472 e. The molecule has 0 bridgehead atoms. The smallest absolute Gasteiger partial charge is 0.316 e. The van der Waals surface area contributed by atoms with E-state index in [0.29, 0.717) is 26.2 Å². The molecule has 2 unspecified atom stereocenters. The van der Waals surface area contributed by atoms with Crippen molar-refractivity contribution in [1.82, 2.24) is 0 Å². The summed E-state index contributed by atoms with van der Waals surface area (Å²) in [5.41, 5.74) is 1.04. The number of hydrogen-bond donors (Lipinski definition) is 0. The predicted octanol–water partition coefficient (Wildman–Crippen LogP) is 3.69. The molecule has 2 atom stereocenters. The lowest BCUT2D eigenvalue weighted by atomic mass is 9.70. The van der Waals surface area contributed by atoms with Crippen LogP contribution in [0.15, 0.2) is 23.0 Å². The third kappa shape index (κ3) is 3.23. The molecule has 1 aromatic heterocycles. The fourth-order valence-corrected chi connectivity index (χ4v) is 6.18. The number of rotatable bonds is 4. The zero-order valence-electron chi connectivity index (χ0n) is 16.1. The van der Waals surface area contributed by atoms with E-state index in [0.717, 1.165) is 11.1 Å². The molecule has 1 aliphatic carbocycles. The normalized spacial score (nSPS) is 28.2. The molecule has 0 aromatic carbocycles. The van der Waals surface area contributed by atoms with E-state index in [1.54, 1.807) is 6.26 Å². The van der Waals surface area contributed by atoms with Crippen LogP contribution in [0.2, 0.25) is 19.6 Å². The molecule has 3 rings (SSSR count). The summed E-state index contributed by atoms with van der Waals surface area (Å²) in [6.45, 7) is 12.0. The van der Waals surface area contributed by atoms with E-state index < -0.39 is 19.3 Å². The second-order valence-electron chi connectivity index (χ2n) is 8.15. The van der Waals surface area contributed by atoms with E-state index in [1.807, 2.05) is 26.2 Å². The zero-order chi connectivity index (χ0) is 19.2. The van der Waals surface area contributed by atoms with Gasteiger partial charge in [-0.05, 0) is 37.1 Å². The fraction of sp³-hybridized carbons (Fsp3) is 0.632. The van der Waals surface area contributed by atoms with Crippen molar-refractivity contribution < 1.29 is 23.4 Å². The minimum Gasteiger partial charge on any atom is -0.472 e. The number of alkyl halides is 1. The standard InChI is InChI=1S/C19H27BrO5Si/c1-6-23-17(21)18(2)10-16(20)19(24-7-8-25-19)9-14(18)13-11-22-12-15(13)26(3,4)5/h9,11-12,16H,6-8,10H2,1-5H3. The Labute approximate surface area is 164 Å². The molecule has 2 aliphatic rings. The summed E-state index contributed by atoms with van der Waals surface area (Å²) in [5.74, 6) is -1.08. The van der Waals surface area contributed by atoms with Crippen molar-refractivity contribution in [2.24, 2.45) is 5.41 Å². The van der Waals surface area contributed by atoms with Crippen LogP contribution in [0.25, 0.3) is 5.57 Å². The van der Waals surface area contributed by atoms with Crippen LogP contribution in [0.4, 0.5) is 0 Å². The summed E-state index contributed by atoms with van der Waals surface area (Å²) in [4.78, 5) is 12.8. The van der Waals surface area contributed by atoms with Crippen molar-refractivity contribution in [3.63, 3.8) is 0 Å². The number of ether oxygens (including phenoxy) is 3. The lowest BCUT2D eigenvalue weighted by molar-refractivity contribution is -0.156. The molecule has 0 amide bonds. The number of hydrogen-bond acceptors (Lipinski definition) is 5. The molecule has 1 spiro atoms. The van der Waals surface area contributed by atoms with Gasteiger partial charge in [-0.25, -0.2) is 0 Å². The maximum Gasteiger partial charge on any atom is 0.316 e. The van der Waals surface area contributed by atoms with Crippen molar-refractivity contribution in [2.75, 3.05) is 19.8 Å². The van der Waals surface area contributed by atoms with E-state index in [9.17, 15) is 4.79 Å². The van der Waals surface area contributed by atoms with Crippen LogP contribution in [-0.2, 0) is 19.0 Å². The Morgan fingerprint density at radius 1 is 1.31 bits per heavy atom. The summed E-state index contributed by atoms with van der Waals surface area (Å²) >= 11 is 3.70. The molecule has 26 heavy (non-hydrogen) atoms. The monoisotopic (exact) mass is 442 g/mol. The molecule has 1 fully saturated rings. The first-order valence-corrected chi connectivity index (χ1v) is 13.5. The molecule has 7 heteroatoms. The molecule has 144 valence electrons. The van der Waals surface area contributed by atoms with E-state index in [1.165, 1.54) is 5.19 Å². The van der Waals surface area contributed by atoms with Crippen molar-refractivity contribution in [1.29, 1.82) is 0 Å². The maximum absolute atomic E-state index is 13.0. The molecule has 5 nitrogen and oxygen atoms in total. The van der Waals surface area contributed by atoms with E-state index in [4.69, 9.17) is 18.6 Å². The van der Waals surface area contributed by atoms with Gasteiger partial charge in [-0.15, -0.1) is 0 Å². The predicted molar refractivity (Wildman–Crippen MR) is 106 cm³/mol. The quantitative estimate of drug-likeness (QED) is 0.404. The van der Waals surface area contributed by atoms with Gasteiger partial charge >= 0.3 is 5.97 Å². The second-order valence-corrected chi connectivity index (χ2v) is 14.3. The van der Waals surface area contributed by atoms with Crippen LogP contribution < -0.4 is 5.19 Å². The van der Waals surface area contributed by atoms with Crippen molar-refractivity contribution in [3.05, 3.63) is 24.2 Å². The Hall–Kier alpha value is -0.893. The molecule has 2 heterocycles. The number of halogens is 1. The van der Waals surface area contributed by atoms with Gasteiger partial charge in [-0.2, -0.15) is 0 Å². The van der Waals surface area contributed by atoms with Gasteiger partial charge in [0, 0.05) is 5.56 Å². The molecule has 0 saturated carbocycles. The first-order valence-electron chi connectivity index (χ1n) is 9.03. The van der Waals surface area contributed by atoms with Gasteiger partial charge in [0.05, 0.1) is 50.7 Å². The van der Waals surface area contributed by atoms with Crippen molar-refractivity contribution in [3.8, 4) is 0 Å². The third-order valence-corrected chi connectivity index (χ3v) is 8.15. The van der Waals surface area contributed by atoms with Crippen molar-refractivity contribution >= 4 is 40.7 Å². The highest BCUT2D eigenvalue weighted by Gasteiger charge is 2.54. The molecular formula is C19H27BrO5Si. The Balaban J connectivity index is 2.18. The minimum absolute atomic E-state index is 0.141. The number of esters is 1. The fourth-order valence-electron chi connectivity index (χ4n) is 3.71. The van der Waals surface area contributed by atoms with Gasteiger partial charge in [-0.1, -0.05) is 35.6 Å². The van der Waals surface area contributed by atoms with Crippen LogP contribution in [0.3, 0.4) is 0 Å². The Bertz CT molecular complexity index is 714. The lowest BCUT2D eigenvalue weighted by Crippen LogP contribution is -2.50. The average molecular weight is 443 g/mol. The molecule has 1 aliphatic heterocycles. The van der Waals surface area contributed by atoms with Crippen LogP contribution in [0.1, 0.15) is 25.8 Å². The lowest BCUT2D eigenvalue weighted by Gasteiger charge is -2.43. The first kappa shape index (κ1) is 19.9. The number of furan rings is 1. The highest BCUT2D eigenvalue weighted by Crippen LogP contribution is 2.51. The molecular weight excluding hydrogens is 416 g/mol. The second kappa shape index (κ2) is 6.93. The summed E-state index contributed by atoms with van der Waals surface area (Å²) < 4.78 is 22.9. The maximum atomic E-state index is 13.0. The molecule has 0 radical (unpaired) electrons. The highest BCUT2D eigenvalue weighted by molar-refractivity contribution is 9.09. The summed E-state index contributed by atoms with van der Waals surface area (Å²) in [6, 6.07) is 0. The minimum atomic E-state index is -1.67. The van der Waals surface area contributed by atoms with E-state index in [2.05, 4.69) is 35.6 Å². The Morgan fingerprint density at radius 3 is 2.54 bits per heavy atom. The topological polar surface area (TPSA) is 57.9 Å². The average Bonchev–Trinajstić information content (AvgIpc) is 3.21. The van der Waals surface area contributed by atoms with Crippen LogP contribution >= 0.6 is 15.9 Å². The molecule has 1 aromatic rings. The van der Waals surface area contributed by atoms with Gasteiger partial charge in [0.25, 0.3) is 0 Å². The van der Waals surface area contributed by atoms with Crippen molar-refractivity contribution in [2.45, 2.75) is 50.5 Å². The number of carbonyl (C=O) groups is 1. The van der Waals surface area contributed by atoms with Gasteiger partial charge < -0.3 is 18.6 Å². The van der Waals surface area contributed by atoms with Gasteiger partial charge in [0.2, 0.25) is 5.79 Å². The third-order valence-electron chi connectivity index (χ3n) is 5.19. The molecule has 1 saturated heterocycles. The summed E-state index contributed by atoms with van der Waals surface area (Å²) in [6.07, 6.45) is 6.05. The van der Waals surface area contributed by atoms with Crippen LogP contribution in [0.5, 0.6) is 0 Å². The highest BCUT2D eigenvalue weighted by atomic mass is 79.9. The molecule has 0 N–H and O–H groups in total. The Kier molecular flexibility index (Phi) is 5.29. The van der Waals surface area contributed by atoms with Gasteiger partial charge in [0.15, 0.2) is 0 Å². The van der Waals surface area contributed by atoms with Gasteiger partial charge in [-0.3, -0.25) is 4.79 Å². The number of carbonyl (C=O) groups excluding carboxylic acids is 1. The SMILES string of the molecule is CCOC(=O)C1(C)CC(Br)C2(C=C1c1cocc1[Si](C)(C)C)OCCO2.